The summed E-state index contributed by atoms with van der Waals surface area (Å²) >= 11 is 5.17. The van der Waals surface area contributed by atoms with Gasteiger partial charge in [-0.3, -0.25) is 20.4 Å². The van der Waals surface area contributed by atoms with E-state index in [4.69, 9.17) is 12.2 Å². The fourth-order valence-corrected chi connectivity index (χ4v) is 3.35. The van der Waals surface area contributed by atoms with Crippen LogP contribution in [0.15, 0.2) is 42.5 Å². The molecule has 30 heavy (non-hydrogen) atoms. The summed E-state index contributed by atoms with van der Waals surface area (Å²) in [4.78, 5) is 25.3. The summed E-state index contributed by atoms with van der Waals surface area (Å²) in [5, 5.41) is 8.40. The third kappa shape index (κ3) is 7.30. The van der Waals surface area contributed by atoms with E-state index in [1.807, 2.05) is 56.3 Å². The summed E-state index contributed by atoms with van der Waals surface area (Å²) in [5.41, 5.74) is 6.24. The standard InChI is InChI=1S/C23H32N4O2S/c1-4-5-8-14-24-23(30)27-26-22(29)21(16(2)3)25-20(28)15-18-12-9-11-17-10-6-7-13-19(17)18/h6-7,9-13,16,21H,4-5,8,14-15H2,1-3H3,(H,25,28)(H,26,29)(H2,24,27,30)/t21-/m0/s1. The Hall–Kier alpha value is -2.67. The molecule has 0 unspecified atom stereocenters. The number of nitrogens with one attached hydrogen (secondary N) is 4. The van der Waals surface area contributed by atoms with Crippen LogP contribution < -0.4 is 21.5 Å². The lowest BCUT2D eigenvalue weighted by molar-refractivity contribution is -0.130. The topological polar surface area (TPSA) is 82.3 Å². The molecule has 0 radical (unpaired) electrons. The SMILES string of the molecule is CCCCCNC(=S)NNC(=O)[C@@H](NC(=O)Cc1cccc2ccccc12)C(C)C. The molecule has 0 aliphatic carbocycles. The van der Waals surface area contributed by atoms with Crippen molar-refractivity contribution in [1.29, 1.82) is 0 Å². The van der Waals surface area contributed by atoms with Crippen molar-refractivity contribution in [2.45, 2.75) is 52.5 Å². The Morgan fingerprint density at radius 3 is 2.47 bits per heavy atom. The number of carbonyl (C=O) groups excluding carboxylic acids is 2. The molecule has 1 atom stereocenters. The predicted molar refractivity (Wildman–Crippen MR) is 126 cm³/mol. The van der Waals surface area contributed by atoms with Gasteiger partial charge in [0.25, 0.3) is 5.91 Å². The van der Waals surface area contributed by atoms with E-state index in [2.05, 4.69) is 28.4 Å². The third-order valence-corrected chi connectivity index (χ3v) is 5.11. The molecular formula is C23H32N4O2S. The lowest BCUT2D eigenvalue weighted by Crippen LogP contribution is -2.56. The highest BCUT2D eigenvalue weighted by molar-refractivity contribution is 7.80. The van der Waals surface area contributed by atoms with Crippen LogP contribution in [0, 0.1) is 5.92 Å². The minimum Gasteiger partial charge on any atom is -0.361 e. The number of thiocarbonyl (C=S) groups is 1. The van der Waals surface area contributed by atoms with E-state index in [-0.39, 0.29) is 24.2 Å². The molecule has 0 bridgehead atoms. The van der Waals surface area contributed by atoms with Gasteiger partial charge in [0, 0.05) is 6.54 Å². The number of fused-ring (bicyclic) bond motifs is 1. The summed E-state index contributed by atoms with van der Waals surface area (Å²) < 4.78 is 0. The number of unbranched alkanes of at least 4 members (excludes halogenated alkanes) is 2. The highest BCUT2D eigenvalue weighted by Crippen LogP contribution is 2.19. The summed E-state index contributed by atoms with van der Waals surface area (Å²) in [6.07, 6.45) is 3.49. The van der Waals surface area contributed by atoms with Crippen LogP contribution >= 0.6 is 12.2 Å². The number of hydrogen-bond acceptors (Lipinski definition) is 3. The smallest absolute Gasteiger partial charge is 0.261 e. The van der Waals surface area contributed by atoms with E-state index in [1.165, 1.54) is 0 Å². The lowest BCUT2D eigenvalue weighted by Gasteiger charge is -2.22. The van der Waals surface area contributed by atoms with E-state index in [0.717, 1.165) is 42.1 Å². The second kappa shape index (κ2) is 12.1. The summed E-state index contributed by atoms with van der Waals surface area (Å²) in [7, 11) is 0. The molecule has 0 aliphatic rings. The highest BCUT2D eigenvalue weighted by atomic mass is 32.1. The second-order valence-corrected chi connectivity index (χ2v) is 8.09. The van der Waals surface area contributed by atoms with Crippen LogP contribution in [0.3, 0.4) is 0 Å². The quantitative estimate of drug-likeness (QED) is 0.280. The number of carbonyl (C=O) groups is 2. The van der Waals surface area contributed by atoms with Crippen LogP contribution in [0.1, 0.15) is 45.6 Å². The van der Waals surface area contributed by atoms with Crippen LogP contribution in [0.2, 0.25) is 0 Å². The van der Waals surface area contributed by atoms with Gasteiger partial charge in [-0.1, -0.05) is 76.1 Å². The van der Waals surface area contributed by atoms with Gasteiger partial charge in [-0.25, -0.2) is 0 Å². The van der Waals surface area contributed by atoms with Crippen LogP contribution in [-0.4, -0.2) is 29.5 Å². The van der Waals surface area contributed by atoms with Crippen molar-refractivity contribution in [2.24, 2.45) is 5.92 Å². The van der Waals surface area contributed by atoms with Crippen LogP contribution in [0.4, 0.5) is 0 Å². The van der Waals surface area contributed by atoms with E-state index >= 15 is 0 Å². The molecule has 0 heterocycles. The highest BCUT2D eigenvalue weighted by Gasteiger charge is 2.24. The Morgan fingerprint density at radius 2 is 1.73 bits per heavy atom. The second-order valence-electron chi connectivity index (χ2n) is 7.68. The van der Waals surface area contributed by atoms with Gasteiger partial charge in [-0.05, 0) is 40.9 Å². The maximum absolute atomic E-state index is 12.7. The number of amides is 2. The Balaban J connectivity index is 1.90. The fourth-order valence-electron chi connectivity index (χ4n) is 3.20. The van der Waals surface area contributed by atoms with Crippen molar-refractivity contribution in [3.8, 4) is 0 Å². The van der Waals surface area contributed by atoms with E-state index in [1.54, 1.807) is 0 Å². The van der Waals surface area contributed by atoms with Gasteiger partial charge in [0.2, 0.25) is 5.91 Å². The molecule has 2 rings (SSSR count). The van der Waals surface area contributed by atoms with Gasteiger partial charge in [0.15, 0.2) is 5.11 Å². The minimum atomic E-state index is -0.664. The van der Waals surface area contributed by atoms with Gasteiger partial charge in [0.1, 0.15) is 6.04 Å². The first kappa shape index (κ1) is 23.6. The molecule has 6 nitrogen and oxygen atoms in total. The van der Waals surface area contributed by atoms with Crippen molar-refractivity contribution in [3.05, 3.63) is 48.0 Å². The molecule has 162 valence electrons. The molecule has 4 N–H and O–H groups in total. The largest absolute Gasteiger partial charge is 0.361 e. The molecule has 0 fully saturated rings. The number of hydrazine groups is 1. The maximum Gasteiger partial charge on any atom is 0.261 e. The Labute approximate surface area is 184 Å². The van der Waals surface area contributed by atoms with Crippen molar-refractivity contribution in [3.63, 3.8) is 0 Å². The normalized spacial score (nSPS) is 11.7. The molecule has 2 aromatic rings. The molecule has 0 saturated heterocycles. The molecule has 2 aromatic carbocycles. The average molecular weight is 429 g/mol. The zero-order valence-electron chi connectivity index (χ0n) is 18.0. The molecular weight excluding hydrogens is 396 g/mol. The molecule has 0 saturated carbocycles. The number of benzene rings is 2. The Kier molecular flexibility index (Phi) is 9.54. The van der Waals surface area contributed by atoms with Gasteiger partial charge in [0.05, 0.1) is 6.42 Å². The minimum absolute atomic E-state index is 0.0747. The van der Waals surface area contributed by atoms with E-state index in [0.29, 0.717) is 5.11 Å². The van der Waals surface area contributed by atoms with Crippen LogP contribution in [0.25, 0.3) is 10.8 Å². The molecule has 0 aliphatic heterocycles. The molecule has 7 heteroatoms. The monoisotopic (exact) mass is 428 g/mol. The van der Waals surface area contributed by atoms with Gasteiger partial charge >= 0.3 is 0 Å². The zero-order valence-corrected chi connectivity index (χ0v) is 18.8. The predicted octanol–water partition coefficient (Wildman–Crippen LogP) is 3.21. The van der Waals surface area contributed by atoms with E-state index in [9.17, 15) is 9.59 Å². The van der Waals surface area contributed by atoms with Crippen LogP contribution in [0.5, 0.6) is 0 Å². The van der Waals surface area contributed by atoms with Crippen molar-refractivity contribution in [1.82, 2.24) is 21.5 Å². The Bertz CT molecular complexity index is 864. The number of rotatable bonds is 9. The maximum atomic E-state index is 12.7. The first-order chi connectivity index (χ1) is 14.4. The van der Waals surface area contributed by atoms with Gasteiger partial charge in [-0.15, -0.1) is 0 Å². The average Bonchev–Trinajstić information content (AvgIpc) is 2.73. The summed E-state index contributed by atoms with van der Waals surface area (Å²) in [6, 6.07) is 13.2. The van der Waals surface area contributed by atoms with Crippen LogP contribution in [-0.2, 0) is 16.0 Å². The first-order valence-corrected chi connectivity index (χ1v) is 10.9. The molecule has 0 aromatic heterocycles. The number of hydrogen-bond donors (Lipinski definition) is 4. The first-order valence-electron chi connectivity index (χ1n) is 10.5. The zero-order chi connectivity index (χ0) is 21.9. The van der Waals surface area contributed by atoms with Crippen molar-refractivity contribution < 1.29 is 9.59 Å². The molecule has 0 spiro atoms. The third-order valence-electron chi connectivity index (χ3n) is 4.86. The summed E-state index contributed by atoms with van der Waals surface area (Å²) in [5.74, 6) is -0.594. The van der Waals surface area contributed by atoms with Crippen molar-refractivity contribution >= 4 is 39.9 Å². The van der Waals surface area contributed by atoms with Gasteiger partial charge < -0.3 is 10.6 Å². The van der Waals surface area contributed by atoms with Crippen molar-refractivity contribution in [2.75, 3.05) is 6.54 Å². The molecule has 2 amide bonds. The fraction of sp³-hybridized carbons (Fsp3) is 0.435. The van der Waals surface area contributed by atoms with Gasteiger partial charge in [-0.2, -0.15) is 0 Å². The Morgan fingerprint density at radius 1 is 1.00 bits per heavy atom. The lowest BCUT2D eigenvalue weighted by atomic mass is 10.0. The van der Waals surface area contributed by atoms with E-state index < -0.39 is 6.04 Å². The summed E-state index contributed by atoms with van der Waals surface area (Å²) in [6.45, 7) is 6.68.